The van der Waals surface area contributed by atoms with Crippen molar-refractivity contribution in [3.05, 3.63) is 53.1 Å². The van der Waals surface area contributed by atoms with Crippen molar-refractivity contribution in [2.75, 3.05) is 4.72 Å². The Bertz CT molecular complexity index is 969. The van der Waals surface area contributed by atoms with Gasteiger partial charge >= 0.3 is 0 Å². The summed E-state index contributed by atoms with van der Waals surface area (Å²) in [6.07, 6.45) is 2.71. The Morgan fingerprint density at radius 1 is 1.32 bits per heavy atom. The fourth-order valence-electron chi connectivity index (χ4n) is 2.09. The molecule has 0 aliphatic rings. The fourth-order valence-corrected chi connectivity index (χ4v) is 3.45. The molecule has 1 aromatic carbocycles. The van der Waals surface area contributed by atoms with Gasteiger partial charge in [-0.15, -0.1) is 0 Å². The highest BCUT2D eigenvalue weighted by molar-refractivity contribution is 7.93. The molecule has 0 saturated carbocycles. The summed E-state index contributed by atoms with van der Waals surface area (Å²) >= 11 is 5.86. The van der Waals surface area contributed by atoms with Gasteiger partial charge in [-0.25, -0.2) is 17.8 Å². The van der Waals surface area contributed by atoms with Crippen LogP contribution in [0.5, 0.6) is 0 Å². The molecule has 22 heavy (non-hydrogen) atoms. The minimum Gasteiger partial charge on any atom is -0.360 e. The zero-order valence-corrected chi connectivity index (χ0v) is 13.0. The molecule has 0 aliphatic heterocycles. The number of sulfonamides is 1. The van der Waals surface area contributed by atoms with Gasteiger partial charge in [0.2, 0.25) is 0 Å². The predicted molar refractivity (Wildman–Crippen MR) is 83.0 cm³/mol. The van der Waals surface area contributed by atoms with Crippen LogP contribution in [0.4, 0.5) is 10.2 Å². The number of rotatable bonds is 3. The summed E-state index contributed by atoms with van der Waals surface area (Å²) in [5.74, 6) is -1.07. The van der Waals surface area contributed by atoms with E-state index in [1.54, 1.807) is 25.1 Å². The van der Waals surface area contributed by atoms with Crippen molar-refractivity contribution in [3.8, 4) is 0 Å². The van der Waals surface area contributed by atoms with Gasteiger partial charge in [0, 0.05) is 28.3 Å². The van der Waals surface area contributed by atoms with Gasteiger partial charge in [-0.2, -0.15) is 0 Å². The summed E-state index contributed by atoms with van der Waals surface area (Å²) in [6.45, 7) is 1.66. The molecule has 0 atom stereocenters. The second kappa shape index (κ2) is 5.26. The van der Waals surface area contributed by atoms with E-state index in [9.17, 15) is 12.8 Å². The molecule has 114 valence electrons. The first-order chi connectivity index (χ1) is 10.4. The van der Waals surface area contributed by atoms with Gasteiger partial charge in [0.1, 0.15) is 4.90 Å². The van der Waals surface area contributed by atoms with Crippen LogP contribution >= 0.6 is 11.6 Å². The predicted octanol–water partition coefficient (Wildman–Crippen LogP) is 3.46. The van der Waals surface area contributed by atoms with E-state index in [0.29, 0.717) is 21.5 Å². The molecule has 0 fully saturated rings. The Balaban J connectivity index is 2.05. The average molecular weight is 340 g/mol. The number of fused-ring (bicyclic) bond motifs is 1. The summed E-state index contributed by atoms with van der Waals surface area (Å²) in [5.41, 5.74) is 1.17. The van der Waals surface area contributed by atoms with E-state index < -0.39 is 15.8 Å². The van der Waals surface area contributed by atoms with Crippen LogP contribution in [0.1, 0.15) is 5.56 Å². The second-order valence-corrected chi connectivity index (χ2v) is 6.88. The lowest BCUT2D eigenvalue weighted by Crippen LogP contribution is -2.14. The highest BCUT2D eigenvalue weighted by Crippen LogP contribution is 2.27. The zero-order valence-electron chi connectivity index (χ0n) is 11.4. The van der Waals surface area contributed by atoms with Gasteiger partial charge in [-0.3, -0.25) is 4.72 Å². The molecule has 0 saturated heterocycles. The van der Waals surface area contributed by atoms with Crippen LogP contribution in [0, 0.1) is 12.7 Å². The number of H-pyrrole nitrogens is 1. The maximum Gasteiger partial charge on any atom is 0.265 e. The molecule has 0 spiro atoms. The van der Waals surface area contributed by atoms with Crippen LogP contribution in [0.2, 0.25) is 5.02 Å². The third-order valence-corrected chi connectivity index (χ3v) is 4.72. The molecule has 2 N–H and O–H groups in total. The van der Waals surface area contributed by atoms with Gasteiger partial charge in [-0.1, -0.05) is 11.6 Å². The molecule has 8 heteroatoms. The molecule has 2 heterocycles. The van der Waals surface area contributed by atoms with Crippen molar-refractivity contribution in [1.82, 2.24) is 9.97 Å². The Hall–Kier alpha value is -2.12. The quantitative estimate of drug-likeness (QED) is 0.767. The molecule has 2 aromatic heterocycles. The summed E-state index contributed by atoms with van der Waals surface area (Å²) < 4.78 is 40.8. The zero-order chi connectivity index (χ0) is 15.9. The number of benzene rings is 1. The van der Waals surface area contributed by atoms with Gasteiger partial charge in [-0.05, 0) is 36.8 Å². The Labute approximate surface area is 131 Å². The van der Waals surface area contributed by atoms with E-state index in [1.807, 2.05) is 0 Å². The van der Waals surface area contributed by atoms with Crippen LogP contribution < -0.4 is 4.72 Å². The first-order valence-corrected chi connectivity index (χ1v) is 8.14. The van der Waals surface area contributed by atoms with Crippen LogP contribution in [0.3, 0.4) is 0 Å². The Morgan fingerprint density at radius 2 is 2.09 bits per heavy atom. The molecule has 0 radical (unpaired) electrons. The fraction of sp³-hybridized carbons (Fsp3) is 0.0714. The van der Waals surface area contributed by atoms with Crippen molar-refractivity contribution >= 4 is 38.3 Å². The molecular weight excluding hydrogens is 329 g/mol. The molecule has 0 amide bonds. The van der Waals surface area contributed by atoms with Crippen LogP contribution in [0.15, 0.2) is 41.6 Å². The molecular formula is C14H11ClFN3O2S. The van der Waals surface area contributed by atoms with E-state index >= 15 is 0 Å². The minimum absolute atomic E-state index is 0.000872. The number of nitrogens with one attached hydrogen (secondary N) is 2. The largest absolute Gasteiger partial charge is 0.360 e. The van der Waals surface area contributed by atoms with E-state index in [0.717, 1.165) is 0 Å². The molecule has 0 bridgehead atoms. The summed E-state index contributed by atoms with van der Waals surface area (Å²) in [6, 6.07) is 5.99. The van der Waals surface area contributed by atoms with Crippen molar-refractivity contribution < 1.29 is 12.8 Å². The lowest BCUT2D eigenvalue weighted by atomic mass is 10.2. The van der Waals surface area contributed by atoms with Crippen molar-refractivity contribution in [1.29, 1.82) is 0 Å². The molecule has 0 aliphatic carbocycles. The van der Waals surface area contributed by atoms with Crippen LogP contribution in [-0.2, 0) is 10.0 Å². The van der Waals surface area contributed by atoms with Gasteiger partial charge in [0.15, 0.2) is 11.6 Å². The van der Waals surface area contributed by atoms with E-state index in [1.165, 1.54) is 18.5 Å². The van der Waals surface area contributed by atoms with E-state index in [-0.39, 0.29) is 10.7 Å². The van der Waals surface area contributed by atoms with Crippen molar-refractivity contribution in [2.24, 2.45) is 0 Å². The maximum absolute atomic E-state index is 13.8. The van der Waals surface area contributed by atoms with Crippen molar-refractivity contribution in [3.63, 3.8) is 0 Å². The van der Waals surface area contributed by atoms with Gasteiger partial charge in [0.05, 0.1) is 0 Å². The van der Waals surface area contributed by atoms with Crippen molar-refractivity contribution in [2.45, 2.75) is 11.8 Å². The molecule has 5 nitrogen and oxygen atoms in total. The molecule has 0 unspecified atom stereocenters. The second-order valence-electron chi connectivity index (χ2n) is 4.79. The number of pyridine rings is 1. The number of hydrogen-bond donors (Lipinski definition) is 2. The van der Waals surface area contributed by atoms with E-state index in [4.69, 9.17) is 11.6 Å². The number of hydrogen-bond acceptors (Lipinski definition) is 3. The lowest BCUT2D eigenvalue weighted by molar-refractivity contribution is 0.598. The average Bonchev–Trinajstić information content (AvgIpc) is 2.85. The van der Waals surface area contributed by atoms with Crippen LogP contribution in [-0.4, -0.2) is 18.4 Å². The standard InChI is InChI=1S/C14H11ClFN3O2S/c1-8-4-11(16)14(18-6-8)19-22(20,21)13-7-17-12-5-9(15)2-3-10(12)13/h2-7,17H,1H3,(H,18,19). The Kier molecular flexibility index (Phi) is 3.54. The number of aromatic nitrogens is 2. The minimum atomic E-state index is -3.97. The summed E-state index contributed by atoms with van der Waals surface area (Å²) in [5, 5.41) is 0.946. The molecule has 3 aromatic rings. The number of aromatic amines is 1. The maximum atomic E-state index is 13.8. The van der Waals surface area contributed by atoms with E-state index in [2.05, 4.69) is 14.7 Å². The Morgan fingerprint density at radius 3 is 2.82 bits per heavy atom. The highest BCUT2D eigenvalue weighted by atomic mass is 35.5. The molecule has 3 rings (SSSR count). The first-order valence-electron chi connectivity index (χ1n) is 6.28. The number of nitrogens with zero attached hydrogens (tertiary/aromatic N) is 1. The first kappa shape index (κ1) is 14.8. The topological polar surface area (TPSA) is 74.8 Å². The SMILES string of the molecule is Cc1cnc(NS(=O)(=O)c2c[nH]c3cc(Cl)ccc23)c(F)c1. The lowest BCUT2D eigenvalue weighted by Gasteiger charge is -2.07. The van der Waals surface area contributed by atoms with Crippen LogP contribution in [0.25, 0.3) is 10.9 Å². The number of halogens is 2. The third kappa shape index (κ3) is 2.65. The summed E-state index contributed by atoms with van der Waals surface area (Å²) in [7, 11) is -3.97. The highest BCUT2D eigenvalue weighted by Gasteiger charge is 2.21. The van der Waals surface area contributed by atoms with Gasteiger partial charge < -0.3 is 4.98 Å². The monoisotopic (exact) mass is 339 g/mol. The number of aryl methyl sites for hydroxylation is 1. The summed E-state index contributed by atoms with van der Waals surface area (Å²) in [4.78, 5) is 6.60. The van der Waals surface area contributed by atoms with Gasteiger partial charge in [0.25, 0.3) is 10.0 Å². The smallest absolute Gasteiger partial charge is 0.265 e. The normalized spacial score (nSPS) is 11.8. The third-order valence-electron chi connectivity index (χ3n) is 3.10. The number of anilines is 1.